The highest BCUT2D eigenvalue weighted by molar-refractivity contribution is 6.33. The van der Waals surface area contributed by atoms with Gasteiger partial charge in [-0.25, -0.2) is 4.79 Å². The number of ether oxygens (including phenoxy) is 1. The fourth-order valence-electron chi connectivity index (χ4n) is 4.55. The predicted octanol–water partition coefficient (Wildman–Crippen LogP) is 8.90. The van der Waals surface area contributed by atoms with Crippen LogP contribution >= 0.6 is 11.6 Å². The first-order valence-electron chi connectivity index (χ1n) is 12.1. The number of fused-ring (bicyclic) bond motifs is 1. The number of alkyl halides is 3. The van der Waals surface area contributed by atoms with Crippen LogP contribution in [0.4, 0.5) is 13.2 Å². The molecular formula is C31H26ClF3O2. The van der Waals surface area contributed by atoms with Crippen LogP contribution < -0.4 is 0 Å². The third-order valence-electron chi connectivity index (χ3n) is 6.26. The average Bonchev–Trinajstić information content (AvgIpc) is 3.30. The van der Waals surface area contributed by atoms with Crippen LogP contribution in [0.25, 0.3) is 23.3 Å². The molecule has 1 aliphatic carbocycles. The molecule has 3 aromatic rings. The molecule has 0 saturated carbocycles. The van der Waals surface area contributed by atoms with Crippen molar-refractivity contribution in [3.8, 4) is 0 Å². The molecule has 0 spiro atoms. The molecule has 37 heavy (non-hydrogen) atoms. The fourth-order valence-corrected chi connectivity index (χ4v) is 4.84. The first-order chi connectivity index (χ1) is 17.7. The van der Waals surface area contributed by atoms with E-state index in [1.165, 1.54) is 17.7 Å². The molecule has 0 aliphatic heterocycles. The SMILES string of the molecule is CCOC(=O)/C=C/c1ccc(/C(C2=Cc3ccccc3C2)=C(/CC)c2ccc(C(F)(F)F)cc2Cl)cc1. The Bertz CT molecular complexity index is 1400. The Morgan fingerprint density at radius 2 is 1.76 bits per heavy atom. The van der Waals surface area contributed by atoms with Gasteiger partial charge < -0.3 is 4.74 Å². The minimum atomic E-state index is -4.47. The Labute approximate surface area is 219 Å². The molecule has 4 rings (SSSR count). The molecule has 1 aliphatic rings. The van der Waals surface area contributed by atoms with Gasteiger partial charge in [-0.1, -0.05) is 79.2 Å². The molecule has 0 aromatic heterocycles. The van der Waals surface area contributed by atoms with Gasteiger partial charge in [0.2, 0.25) is 0 Å². The van der Waals surface area contributed by atoms with E-state index in [9.17, 15) is 18.0 Å². The summed E-state index contributed by atoms with van der Waals surface area (Å²) in [4.78, 5) is 11.7. The van der Waals surface area contributed by atoms with Gasteiger partial charge in [0.05, 0.1) is 12.2 Å². The van der Waals surface area contributed by atoms with E-state index in [1.54, 1.807) is 13.0 Å². The molecule has 0 unspecified atom stereocenters. The van der Waals surface area contributed by atoms with Gasteiger partial charge in [0.1, 0.15) is 0 Å². The highest BCUT2D eigenvalue weighted by Crippen LogP contribution is 2.43. The number of rotatable bonds is 7. The molecule has 0 radical (unpaired) electrons. The Morgan fingerprint density at radius 1 is 1.03 bits per heavy atom. The quantitative estimate of drug-likeness (QED) is 0.176. The van der Waals surface area contributed by atoms with Crippen molar-refractivity contribution in [3.05, 3.63) is 117 Å². The summed E-state index contributed by atoms with van der Waals surface area (Å²) < 4.78 is 44.8. The van der Waals surface area contributed by atoms with Gasteiger partial charge in [-0.15, -0.1) is 0 Å². The molecule has 190 valence electrons. The van der Waals surface area contributed by atoms with E-state index in [2.05, 4.69) is 18.2 Å². The van der Waals surface area contributed by atoms with Crippen molar-refractivity contribution >= 4 is 40.9 Å². The van der Waals surface area contributed by atoms with Crippen LogP contribution in [0.1, 0.15) is 53.6 Å². The average molecular weight is 523 g/mol. The first kappa shape index (κ1) is 26.5. The molecule has 0 amide bonds. The predicted molar refractivity (Wildman–Crippen MR) is 144 cm³/mol. The zero-order valence-corrected chi connectivity index (χ0v) is 21.3. The van der Waals surface area contributed by atoms with Crippen LogP contribution in [0.15, 0.2) is 78.4 Å². The smallest absolute Gasteiger partial charge is 0.416 e. The molecule has 0 fully saturated rings. The Morgan fingerprint density at radius 3 is 2.38 bits per heavy atom. The van der Waals surface area contributed by atoms with Crippen molar-refractivity contribution < 1.29 is 22.7 Å². The van der Waals surface area contributed by atoms with E-state index >= 15 is 0 Å². The van der Waals surface area contributed by atoms with Crippen LogP contribution in [-0.2, 0) is 22.1 Å². The summed E-state index contributed by atoms with van der Waals surface area (Å²) in [5.41, 5.74) is 6.75. The van der Waals surface area contributed by atoms with Gasteiger partial charge >= 0.3 is 12.1 Å². The number of hydrogen-bond donors (Lipinski definition) is 0. The number of halogens is 4. The highest BCUT2D eigenvalue weighted by Gasteiger charge is 2.31. The van der Waals surface area contributed by atoms with E-state index in [0.29, 0.717) is 25.0 Å². The molecule has 0 bridgehead atoms. The summed E-state index contributed by atoms with van der Waals surface area (Å²) in [5, 5.41) is 0.0641. The van der Waals surface area contributed by atoms with Gasteiger partial charge in [0.15, 0.2) is 0 Å². The monoisotopic (exact) mass is 522 g/mol. The molecule has 6 heteroatoms. The van der Waals surface area contributed by atoms with Gasteiger partial charge in [0.25, 0.3) is 0 Å². The van der Waals surface area contributed by atoms with Crippen molar-refractivity contribution in [2.24, 2.45) is 0 Å². The number of benzene rings is 3. The molecule has 0 atom stereocenters. The second-order valence-corrected chi connectivity index (χ2v) is 9.06. The van der Waals surface area contributed by atoms with Crippen LogP contribution in [0.5, 0.6) is 0 Å². The maximum Gasteiger partial charge on any atom is 0.416 e. The minimum absolute atomic E-state index is 0.0641. The maximum atomic E-state index is 13.3. The fraction of sp³-hybridized carbons (Fsp3) is 0.194. The molecule has 0 N–H and O–H groups in total. The van der Waals surface area contributed by atoms with Gasteiger partial charge in [0, 0.05) is 11.1 Å². The van der Waals surface area contributed by atoms with Gasteiger partial charge in [-0.2, -0.15) is 13.2 Å². The second-order valence-electron chi connectivity index (χ2n) is 8.65. The maximum absolute atomic E-state index is 13.3. The normalized spacial score (nSPS) is 13.8. The number of carbonyl (C=O) groups excluding carboxylic acids is 1. The zero-order chi connectivity index (χ0) is 26.6. The van der Waals surface area contributed by atoms with Crippen molar-refractivity contribution in [1.29, 1.82) is 0 Å². The summed E-state index contributed by atoms with van der Waals surface area (Å²) >= 11 is 6.45. The van der Waals surface area contributed by atoms with Crippen molar-refractivity contribution in [2.45, 2.75) is 32.9 Å². The summed E-state index contributed by atoms with van der Waals surface area (Å²) in [6, 6.07) is 19.4. The van der Waals surface area contributed by atoms with Crippen LogP contribution in [-0.4, -0.2) is 12.6 Å². The number of carbonyl (C=O) groups is 1. The molecule has 0 saturated heterocycles. The van der Waals surface area contributed by atoms with E-state index in [1.807, 2.05) is 43.3 Å². The van der Waals surface area contributed by atoms with E-state index in [4.69, 9.17) is 16.3 Å². The second kappa shape index (κ2) is 11.2. The summed E-state index contributed by atoms with van der Waals surface area (Å²) in [5.74, 6) is -0.411. The van der Waals surface area contributed by atoms with Crippen LogP contribution in [0, 0.1) is 0 Å². The standard InChI is InChI=1S/C31H26ClF3O2/c1-3-26(27-15-14-25(19-28(27)32)31(33,34)35)30(24-17-22-7-5-6-8-23(22)18-24)21-12-9-20(10-13-21)11-16-29(36)37-4-2/h5-17,19H,3-4,18H2,1-2H3/b16-11+,30-26+. The number of hydrogen-bond acceptors (Lipinski definition) is 2. The highest BCUT2D eigenvalue weighted by atomic mass is 35.5. The molecule has 0 heterocycles. The molecular weight excluding hydrogens is 497 g/mol. The summed E-state index contributed by atoms with van der Waals surface area (Å²) in [7, 11) is 0. The van der Waals surface area contributed by atoms with Crippen LogP contribution in [0.3, 0.4) is 0 Å². The van der Waals surface area contributed by atoms with Crippen molar-refractivity contribution in [3.63, 3.8) is 0 Å². The van der Waals surface area contributed by atoms with Gasteiger partial charge in [-0.3, -0.25) is 0 Å². The van der Waals surface area contributed by atoms with Gasteiger partial charge in [-0.05, 0) is 82.5 Å². The third-order valence-corrected chi connectivity index (χ3v) is 6.57. The topological polar surface area (TPSA) is 26.3 Å². The Kier molecular flexibility index (Phi) is 8.03. The summed E-state index contributed by atoms with van der Waals surface area (Å²) in [6.45, 7) is 4.03. The van der Waals surface area contributed by atoms with E-state index in [0.717, 1.165) is 45.5 Å². The molecule has 2 nitrogen and oxygen atoms in total. The Hall–Kier alpha value is -3.57. The Balaban J connectivity index is 1.82. The van der Waals surface area contributed by atoms with Crippen molar-refractivity contribution in [2.75, 3.05) is 6.61 Å². The largest absolute Gasteiger partial charge is 0.463 e. The lowest BCUT2D eigenvalue weighted by Crippen LogP contribution is -2.05. The lowest BCUT2D eigenvalue weighted by atomic mass is 9.86. The third kappa shape index (κ3) is 6.05. The molecule has 3 aromatic carbocycles. The summed E-state index contributed by atoms with van der Waals surface area (Å²) in [6.07, 6.45) is 2.00. The lowest BCUT2D eigenvalue weighted by Gasteiger charge is -2.19. The minimum Gasteiger partial charge on any atom is -0.463 e. The zero-order valence-electron chi connectivity index (χ0n) is 20.5. The van der Waals surface area contributed by atoms with E-state index in [-0.39, 0.29) is 5.02 Å². The first-order valence-corrected chi connectivity index (χ1v) is 12.4. The number of esters is 1. The van der Waals surface area contributed by atoms with E-state index < -0.39 is 17.7 Å². The number of allylic oxidation sites excluding steroid dienone is 3. The van der Waals surface area contributed by atoms with Crippen molar-refractivity contribution in [1.82, 2.24) is 0 Å². The van der Waals surface area contributed by atoms with Crippen LogP contribution in [0.2, 0.25) is 5.02 Å². The lowest BCUT2D eigenvalue weighted by molar-refractivity contribution is -0.138.